The highest BCUT2D eigenvalue weighted by Gasteiger charge is 2.30. The minimum absolute atomic E-state index is 0.0638. The molecule has 0 saturated heterocycles. The molecule has 226 valence electrons. The molecule has 2 aromatic heterocycles. The third kappa shape index (κ3) is 6.23. The van der Waals surface area contributed by atoms with E-state index in [1.165, 1.54) is 53.8 Å². The Bertz CT molecular complexity index is 1880. The molecule has 1 unspecified atom stereocenters. The van der Waals surface area contributed by atoms with E-state index >= 15 is 8.78 Å². The summed E-state index contributed by atoms with van der Waals surface area (Å²) >= 11 is -1.39. The van der Waals surface area contributed by atoms with E-state index in [1.807, 2.05) is 0 Å². The van der Waals surface area contributed by atoms with Crippen molar-refractivity contribution in [3.8, 4) is 27.5 Å². The van der Waals surface area contributed by atoms with Crippen molar-refractivity contribution >= 4 is 28.4 Å². The van der Waals surface area contributed by atoms with E-state index in [-0.39, 0.29) is 34.7 Å². The molecule has 7 nitrogen and oxygen atoms in total. The van der Waals surface area contributed by atoms with Crippen LogP contribution in [0.1, 0.15) is 47.1 Å². The zero-order valence-corrected chi connectivity index (χ0v) is 25.0. The minimum Gasteiger partial charge on any atom is -0.768 e. The van der Waals surface area contributed by atoms with Crippen molar-refractivity contribution in [2.45, 2.75) is 37.5 Å². The maximum Gasteiger partial charge on any atom is 0.357 e. The zero-order chi connectivity index (χ0) is 31.0. The summed E-state index contributed by atoms with van der Waals surface area (Å²) in [6, 6.07) is 13.7. The van der Waals surface area contributed by atoms with Gasteiger partial charge in [-0.15, -0.1) is 11.3 Å². The van der Waals surface area contributed by atoms with Crippen molar-refractivity contribution in [2.75, 3.05) is 6.61 Å². The van der Waals surface area contributed by atoms with Gasteiger partial charge in [-0.2, -0.15) is 5.10 Å². The van der Waals surface area contributed by atoms with Crippen molar-refractivity contribution in [1.82, 2.24) is 14.8 Å². The molecule has 0 radical (unpaired) electrons. The van der Waals surface area contributed by atoms with Gasteiger partial charge < -0.3 is 9.29 Å². The van der Waals surface area contributed by atoms with Crippen LogP contribution in [0, 0.1) is 23.4 Å². The summed E-state index contributed by atoms with van der Waals surface area (Å²) in [5, 5.41) is 6.91. The standard InChI is InChI=1S/C32H26F3N3O4S2/c1-2-42-31(39)28-17-43-32(36-28)38-29(13-18-3-4-18)25(14-20-7-11-23(44(40)41)16-27(20)35)30(37-38)21-8-12-26(34)24(15-21)19-5-9-22(33)10-6-19/h5-12,15-18H,2-4,13-14H2,1H3,(H,40,41)/p-1. The van der Waals surface area contributed by atoms with E-state index in [0.717, 1.165) is 24.6 Å². The smallest absolute Gasteiger partial charge is 0.357 e. The number of carbonyl (C=O) groups is 1. The van der Waals surface area contributed by atoms with E-state index in [1.54, 1.807) is 29.1 Å². The molecule has 1 aliphatic rings. The van der Waals surface area contributed by atoms with Gasteiger partial charge >= 0.3 is 5.97 Å². The molecular weight excluding hydrogens is 611 g/mol. The molecule has 2 heterocycles. The van der Waals surface area contributed by atoms with E-state index in [2.05, 4.69) is 4.98 Å². The van der Waals surface area contributed by atoms with Gasteiger partial charge in [0.1, 0.15) is 17.5 Å². The van der Waals surface area contributed by atoms with Crippen LogP contribution in [-0.2, 0) is 28.7 Å². The number of benzene rings is 3. The number of nitrogens with zero attached hydrogens (tertiary/aromatic N) is 3. The number of halogens is 3. The molecule has 0 N–H and O–H groups in total. The number of aromatic nitrogens is 3. The summed E-state index contributed by atoms with van der Waals surface area (Å²) in [6.45, 7) is 1.90. The van der Waals surface area contributed by atoms with Crippen LogP contribution in [0.3, 0.4) is 0 Å². The molecule has 5 aromatic rings. The quantitative estimate of drug-likeness (QED) is 0.121. The second-order valence-electron chi connectivity index (χ2n) is 10.4. The average molecular weight is 637 g/mol. The lowest BCUT2D eigenvalue weighted by Crippen LogP contribution is -2.08. The fourth-order valence-corrected chi connectivity index (χ4v) is 6.16. The maximum atomic E-state index is 15.3. The Labute approximate surface area is 257 Å². The van der Waals surface area contributed by atoms with Gasteiger partial charge in [0.05, 0.1) is 18.0 Å². The third-order valence-electron chi connectivity index (χ3n) is 7.41. The topological polar surface area (TPSA) is 97.1 Å². The highest BCUT2D eigenvalue weighted by molar-refractivity contribution is 7.79. The van der Waals surface area contributed by atoms with Gasteiger partial charge in [0, 0.05) is 33.4 Å². The van der Waals surface area contributed by atoms with Crippen LogP contribution < -0.4 is 0 Å². The summed E-state index contributed by atoms with van der Waals surface area (Å²) in [5.41, 5.74) is 3.51. The molecule has 1 saturated carbocycles. The summed E-state index contributed by atoms with van der Waals surface area (Å²) < 4.78 is 73.5. The Hall–Kier alpha value is -4.13. The van der Waals surface area contributed by atoms with Crippen molar-refractivity contribution in [2.24, 2.45) is 5.92 Å². The van der Waals surface area contributed by atoms with Gasteiger partial charge in [0.25, 0.3) is 0 Å². The fourth-order valence-electron chi connectivity index (χ4n) is 5.02. The van der Waals surface area contributed by atoms with E-state index in [0.29, 0.717) is 39.9 Å². The first-order valence-electron chi connectivity index (χ1n) is 13.9. The van der Waals surface area contributed by atoms with Crippen molar-refractivity contribution in [3.05, 3.63) is 106 Å². The second kappa shape index (κ2) is 12.5. The van der Waals surface area contributed by atoms with Crippen LogP contribution in [0.25, 0.3) is 27.5 Å². The highest BCUT2D eigenvalue weighted by atomic mass is 32.2. The number of esters is 1. The molecule has 0 bridgehead atoms. The van der Waals surface area contributed by atoms with Gasteiger partial charge in [-0.1, -0.05) is 18.2 Å². The summed E-state index contributed by atoms with van der Waals surface area (Å²) in [4.78, 5) is 16.7. The molecule has 0 aliphatic heterocycles. The number of thiazole rings is 1. The van der Waals surface area contributed by atoms with Crippen LogP contribution >= 0.6 is 11.3 Å². The van der Waals surface area contributed by atoms with Gasteiger partial charge in [0.2, 0.25) is 5.13 Å². The number of carbonyl (C=O) groups excluding carboxylic acids is 1. The first-order chi connectivity index (χ1) is 21.2. The number of hydrogen-bond donors (Lipinski definition) is 0. The van der Waals surface area contributed by atoms with E-state index < -0.39 is 34.5 Å². The van der Waals surface area contributed by atoms with Crippen LogP contribution in [0.5, 0.6) is 0 Å². The zero-order valence-electron chi connectivity index (χ0n) is 23.4. The second-order valence-corrected chi connectivity index (χ2v) is 12.2. The SMILES string of the molecule is CCOC(=O)c1csc(-n2nc(-c3ccc(F)c(-c4ccc(F)cc4)c3)c(Cc3ccc(S(=O)[O-])cc3F)c2CC2CC2)n1. The lowest BCUT2D eigenvalue weighted by atomic mass is 9.94. The fraction of sp³-hybridized carbons (Fsp3) is 0.219. The summed E-state index contributed by atoms with van der Waals surface area (Å²) in [7, 11) is 0. The lowest BCUT2D eigenvalue weighted by molar-refractivity contribution is 0.0520. The van der Waals surface area contributed by atoms with Crippen molar-refractivity contribution in [1.29, 1.82) is 0 Å². The largest absolute Gasteiger partial charge is 0.768 e. The minimum atomic E-state index is -2.59. The molecule has 1 fully saturated rings. The first kappa shape index (κ1) is 29.9. The summed E-state index contributed by atoms with van der Waals surface area (Å²) in [5.74, 6) is -1.83. The monoisotopic (exact) mass is 636 g/mol. The van der Waals surface area contributed by atoms with Crippen LogP contribution in [0.15, 0.2) is 70.9 Å². The van der Waals surface area contributed by atoms with Gasteiger partial charge in [-0.3, -0.25) is 4.21 Å². The van der Waals surface area contributed by atoms with Crippen LogP contribution in [0.2, 0.25) is 0 Å². The molecule has 1 atom stereocenters. The van der Waals surface area contributed by atoms with Gasteiger partial charge in [0.15, 0.2) is 5.69 Å². The predicted molar refractivity (Wildman–Crippen MR) is 159 cm³/mol. The molecule has 0 spiro atoms. The number of ether oxygens (including phenoxy) is 1. The van der Waals surface area contributed by atoms with Crippen molar-refractivity contribution < 1.29 is 31.5 Å². The number of hydrogen-bond acceptors (Lipinski definition) is 7. The van der Waals surface area contributed by atoms with Gasteiger partial charge in [-0.25, -0.2) is 27.6 Å². The Kier molecular flexibility index (Phi) is 8.48. The normalized spacial score (nSPS) is 13.7. The highest BCUT2D eigenvalue weighted by Crippen LogP contribution is 2.39. The lowest BCUT2D eigenvalue weighted by Gasteiger charge is -2.12. The van der Waals surface area contributed by atoms with Crippen LogP contribution in [-0.4, -0.2) is 36.1 Å². The molecule has 3 aromatic carbocycles. The van der Waals surface area contributed by atoms with Crippen molar-refractivity contribution in [3.63, 3.8) is 0 Å². The van der Waals surface area contributed by atoms with E-state index in [4.69, 9.17) is 9.84 Å². The third-order valence-corrected chi connectivity index (χ3v) is 8.86. The average Bonchev–Trinajstić information content (AvgIpc) is 3.57. The molecule has 1 aliphatic carbocycles. The molecular formula is C32H25F3N3O4S2-. The first-order valence-corrected chi connectivity index (χ1v) is 15.8. The Balaban J connectivity index is 1.53. The Morgan fingerprint density at radius 2 is 1.80 bits per heavy atom. The predicted octanol–water partition coefficient (Wildman–Crippen LogP) is 7.04. The molecule has 12 heteroatoms. The number of rotatable bonds is 10. The van der Waals surface area contributed by atoms with Crippen LogP contribution in [0.4, 0.5) is 13.2 Å². The Morgan fingerprint density at radius 3 is 2.48 bits per heavy atom. The maximum absolute atomic E-state index is 15.3. The van der Waals surface area contributed by atoms with Gasteiger partial charge in [-0.05, 0) is 96.8 Å². The summed E-state index contributed by atoms with van der Waals surface area (Å²) in [6.07, 6.45) is 2.69. The van der Waals surface area contributed by atoms with E-state index in [9.17, 15) is 17.9 Å². The molecule has 0 amide bonds. The molecule has 44 heavy (non-hydrogen) atoms. The molecule has 6 rings (SSSR count). The Morgan fingerprint density at radius 1 is 1.05 bits per heavy atom.